The number of piperidine rings is 1. The van der Waals surface area contributed by atoms with Crippen molar-refractivity contribution < 1.29 is 9.90 Å². The van der Waals surface area contributed by atoms with Gasteiger partial charge in [0.05, 0.1) is 5.69 Å². The van der Waals surface area contributed by atoms with Gasteiger partial charge in [0.2, 0.25) is 0 Å². The highest BCUT2D eigenvalue weighted by atomic mass is 16.4. The molecule has 1 aromatic heterocycles. The van der Waals surface area contributed by atoms with E-state index >= 15 is 0 Å². The fourth-order valence-corrected chi connectivity index (χ4v) is 2.42. The largest absolute Gasteiger partial charge is 0.481 e. The number of carbonyl (C=O) groups is 1. The standard InChI is InChI=1S/C13H19N3O2/c1-10-14-5-2-12(15-10)9-16-6-3-11(4-7-16)8-13(17)18/h2,5,11H,3-4,6-9H2,1H3,(H,17,18). The van der Waals surface area contributed by atoms with Gasteiger partial charge in [-0.3, -0.25) is 9.69 Å². The molecule has 0 aliphatic carbocycles. The number of hydrogen-bond donors (Lipinski definition) is 1. The third-order valence-electron chi connectivity index (χ3n) is 3.39. The summed E-state index contributed by atoms with van der Waals surface area (Å²) in [7, 11) is 0. The van der Waals surface area contributed by atoms with Crippen LogP contribution in [0.4, 0.5) is 0 Å². The molecule has 2 rings (SSSR count). The zero-order valence-electron chi connectivity index (χ0n) is 10.7. The van der Waals surface area contributed by atoms with E-state index in [0.717, 1.165) is 44.0 Å². The van der Waals surface area contributed by atoms with Crippen molar-refractivity contribution >= 4 is 5.97 Å². The maximum Gasteiger partial charge on any atom is 0.303 e. The molecule has 1 aromatic rings. The Bertz CT molecular complexity index is 414. The predicted octanol–water partition coefficient (Wildman–Crippen LogP) is 1.47. The minimum absolute atomic E-state index is 0.306. The number of hydrogen-bond acceptors (Lipinski definition) is 4. The van der Waals surface area contributed by atoms with Crippen LogP contribution in [0.15, 0.2) is 12.3 Å². The summed E-state index contributed by atoms with van der Waals surface area (Å²) in [4.78, 5) is 21.5. The molecule has 5 heteroatoms. The maximum atomic E-state index is 10.6. The quantitative estimate of drug-likeness (QED) is 0.875. The van der Waals surface area contributed by atoms with Crippen molar-refractivity contribution in [2.24, 2.45) is 5.92 Å². The van der Waals surface area contributed by atoms with Gasteiger partial charge in [0.15, 0.2) is 0 Å². The molecule has 0 unspecified atom stereocenters. The van der Waals surface area contributed by atoms with E-state index in [2.05, 4.69) is 14.9 Å². The summed E-state index contributed by atoms with van der Waals surface area (Å²) >= 11 is 0. The van der Waals surface area contributed by atoms with E-state index in [4.69, 9.17) is 5.11 Å². The molecule has 5 nitrogen and oxygen atoms in total. The molecule has 0 radical (unpaired) electrons. The third kappa shape index (κ3) is 3.77. The molecule has 1 aliphatic rings. The van der Waals surface area contributed by atoms with Crippen LogP contribution in [-0.4, -0.2) is 39.0 Å². The highest BCUT2D eigenvalue weighted by Gasteiger charge is 2.21. The van der Waals surface area contributed by atoms with Crippen LogP contribution >= 0.6 is 0 Å². The Hall–Kier alpha value is -1.49. The summed E-state index contributed by atoms with van der Waals surface area (Å²) in [6.45, 7) is 4.65. The van der Waals surface area contributed by atoms with E-state index in [1.807, 2.05) is 13.0 Å². The van der Waals surface area contributed by atoms with Gasteiger partial charge in [0.25, 0.3) is 0 Å². The zero-order chi connectivity index (χ0) is 13.0. The minimum atomic E-state index is -0.681. The smallest absolute Gasteiger partial charge is 0.303 e. The highest BCUT2D eigenvalue weighted by Crippen LogP contribution is 2.21. The van der Waals surface area contributed by atoms with E-state index in [9.17, 15) is 4.79 Å². The van der Waals surface area contributed by atoms with Crippen LogP contribution in [0.25, 0.3) is 0 Å². The van der Waals surface area contributed by atoms with Crippen LogP contribution in [0, 0.1) is 12.8 Å². The molecule has 98 valence electrons. The Morgan fingerprint density at radius 3 is 2.83 bits per heavy atom. The summed E-state index contributed by atoms with van der Waals surface area (Å²) in [5, 5.41) is 8.77. The molecule has 18 heavy (non-hydrogen) atoms. The Labute approximate surface area is 107 Å². The molecule has 0 spiro atoms. The van der Waals surface area contributed by atoms with Crippen molar-refractivity contribution in [1.82, 2.24) is 14.9 Å². The fourth-order valence-electron chi connectivity index (χ4n) is 2.42. The summed E-state index contributed by atoms with van der Waals surface area (Å²) in [5.41, 5.74) is 1.04. The Balaban J connectivity index is 1.81. The van der Waals surface area contributed by atoms with Gasteiger partial charge in [-0.2, -0.15) is 0 Å². The second-order valence-corrected chi connectivity index (χ2v) is 4.91. The molecular formula is C13H19N3O2. The van der Waals surface area contributed by atoms with Crippen LogP contribution in [-0.2, 0) is 11.3 Å². The summed E-state index contributed by atoms with van der Waals surface area (Å²) in [6, 6.07) is 1.94. The van der Waals surface area contributed by atoms with Crippen LogP contribution in [0.3, 0.4) is 0 Å². The molecule has 1 fully saturated rings. The number of likely N-dealkylation sites (tertiary alicyclic amines) is 1. The molecule has 0 bridgehead atoms. The number of nitrogens with zero attached hydrogens (tertiary/aromatic N) is 3. The number of aryl methyl sites for hydroxylation is 1. The lowest BCUT2D eigenvalue weighted by molar-refractivity contribution is -0.138. The van der Waals surface area contributed by atoms with Gasteiger partial charge in [-0.1, -0.05) is 0 Å². The molecular weight excluding hydrogens is 230 g/mol. The van der Waals surface area contributed by atoms with Gasteiger partial charge in [-0.15, -0.1) is 0 Å². The van der Waals surface area contributed by atoms with E-state index < -0.39 is 5.97 Å². The SMILES string of the molecule is Cc1nccc(CN2CCC(CC(=O)O)CC2)n1. The molecule has 0 amide bonds. The van der Waals surface area contributed by atoms with Crippen molar-refractivity contribution in [2.45, 2.75) is 32.7 Å². The van der Waals surface area contributed by atoms with Gasteiger partial charge in [-0.25, -0.2) is 9.97 Å². The second-order valence-electron chi connectivity index (χ2n) is 4.91. The molecule has 0 saturated carbocycles. The number of carboxylic acid groups (broad SMARTS) is 1. The van der Waals surface area contributed by atoms with Crippen LogP contribution in [0.5, 0.6) is 0 Å². The zero-order valence-corrected chi connectivity index (χ0v) is 10.7. The van der Waals surface area contributed by atoms with Gasteiger partial charge in [0.1, 0.15) is 5.82 Å². The monoisotopic (exact) mass is 249 g/mol. The average Bonchev–Trinajstić information content (AvgIpc) is 2.31. The van der Waals surface area contributed by atoms with Gasteiger partial charge >= 0.3 is 5.97 Å². The summed E-state index contributed by atoms with van der Waals surface area (Å²) in [6.07, 6.45) is 4.03. The molecule has 1 saturated heterocycles. The minimum Gasteiger partial charge on any atom is -0.481 e. The lowest BCUT2D eigenvalue weighted by Crippen LogP contribution is -2.34. The molecule has 0 aromatic carbocycles. The number of aliphatic carboxylic acids is 1. The summed E-state index contributed by atoms with van der Waals surface area (Å²) < 4.78 is 0. The van der Waals surface area contributed by atoms with Crippen LogP contribution in [0.1, 0.15) is 30.8 Å². The van der Waals surface area contributed by atoms with Crippen molar-refractivity contribution in [3.63, 3.8) is 0 Å². The number of aromatic nitrogens is 2. The maximum absolute atomic E-state index is 10.6. The molecule has 0 atom stereocenters. The normalized spacial score (nSPS) is 17.8. The summed E-state index contributed by atoms with van der Waals surface area (Å²) in [5.74, 6) is 0.457. The topological polar surface area (TPSA) is 66.3 Å². The molecule has 1 N–H and O–H groups in total. The van der Waals surface area contributed by atoms with Crippen molar-refractivity contribution in [3.05, 3.63) is 23.8 Å². The highest BCUT2D eigenvalue weighted by molar-refractivity contribution is 5.67. The number of carboxylic acids is 1. The van der Waals surface area contributed by atoms with E-state index in [-0.39, 0.29) is 0 Å². The van der Waals surface area contributed by atoms with Crippen molar-refractivity contribution in [1.29, 1.82) is 0 Å². The third-order valence-corrected chi connectivity index (χ3v) is 3.39. The van der Waals surface area contributed by atoms with Gasteiger partial charge < -0.3 is 5.11 Å². The first-order chi connectivity index (χ1) is 8.63. The van der Waals surface area contributed by atoms with Crippen LogP contribution in [0.2, 0.25) is 0 Å². The Kier molecular flexibility index (Phi) is 4.25. The molecule has 1 aliphatic heterocycles. The van der Waals surface area contributed by atoms with E-state index in [0.29, 0.717) is 12.3 Å². The Morgan fingerprint density at radius 1 is 1.50 bits per heavy atom. The lowest BCUT2D eigenvalue weighted by Gasteiger charge is -2.30. The van der Waals surface area contributed by atoms with E-state index in [1.54, 1.807) is 6.20 Å². The molecule has 2 heterocycles. The first-order valence-corrected chi connectivity index (χ1v) is 6.36. The first-order valence-electron chi connectivity index (χ1n) is 6.36. The number of rotatable bonds is 4. The van der Waals surface area contributed by atoms with Crippen molar-refractivity contribution in [3.8, 4) is 0 Å². The first kappa shape index (κ1) is 13.0. The van der Waals surface area contributed by atoms with Crippen LogP contribution < -0.4 is 0 Å². The fraction of sp³-hybridized carbons (Fsp3) is 0.615. The van der Waals surface area contributed by atoms with Gasteiger partial charge in [0, 0.05) is 19.2 Å². The average molecular weight is 249 g/mol. The predicted molar refractivity (Wildman–Crippen MR) is 67.0 cm³/mol. The second kappa shape index (κ2) is 5.91. The van der Waals surface area contributed by atoms with E-state index in [1.165, 1.54) is 0 Å². The lowest BCUT2D eigenvalue weighted by atomic mass is 9.93. The van der Waals surface area contributed by atoms with Gasteiger partial charge in [-0.05, 0) is 44.8 Å². The Morgan fingerprint density at radius 2 is 2.22 bits per heavy atom. The van der Waals surface area contributed by atoms with Crippen molar-refractivity contribution in [2.75, 3.05) is 13.1 Å².